The molecule has 1 aliphatic rings. The van der Waals surface area contributed by atoms with Crippen molar-refractivity contribution in [3.8, 4) is 0 Å². The fourth-order valence-electron chi connectivity index (χ4n) is 3.74. The van der Waals surface area contributed by atoms with Crippen molar-refractivity contribution in [3.63, 3.8) is 0 Å². The van der Waals surface area contributed by atoms with E-state index in [1.807, 2.05) is 25.7 Å². The van der Waals surface area contributed by atoms with Crippen molar-refractivity contribution >= 4 is 22.0 Å². The van der Waals surface area contributed by atoms with Gasteiger partial charge in [0.05, 0.1) is 5.60 Å². The first-order valence-corrected chi connectivity index (χ1v) is 9.80. The Hall–Kier alpha value is -1.07. The quantitative estimate of drug-likeness (QED) is 0.670. The van der Waals surface area contributed by atoms with E-state index in [2.05, 4.69) is 47.1 Å². The highest BCUT2D eigenvalue weighted by atomic mass is 79.9. The number of hydrogen-bond donors (Lipinski definition) is 0. The molecule has 1 atom stereocenters. The minimum Gasteiger partial charge on any atom is -0.444 e. The fraction of sp³-hybridized carbons (Fsp3) is 0.650. The van der Waals surface area contributed by atoms with Crippen LogP contribution in [-0.4, -0.2) is 36.8 Å². The summed E-state index contributed by atoms with van der Waals surface area (Å²) in [6.07, 6.45) is 2.52. The first-order chi connectivity index (χ1) is 11.7. The molecule has 0 aliphatic carbocycles. The minimum absolute atomic E-state index is 0.214. The number of methoxy groups -OCH3 is 1. The van der Waals surface area contributed by atoms with Crippen LogP contribution < -0.4 is 0 Å². The van der Waals surface area contributed by atoms with Gasteiger partial charge in [-0.05, 0) is 63.6 Å². The summed E-state index contributed by atoms with van der Waals surface area (Å²) in [6, 6.07) is 8.40. The zero-order valence-electron chi connectivity index (χ0n) is 16.0. The van der Waals surface area contributed by atoms with E-state index in [0.29, 0.717) is 19.0 Å². The molecule has 1 aromatic carbocycles. The van der Waals surface area contributed by atoms with Crippen molar-refractivity contribution in [3.05, 3.63) is 34.3 Å². The van der Waals surface area contributed by atoms with Crippen LogP contribution in [0.5, 0.6) is 0 Å². The zero-order valence-corrected chi connectivity index (χ0v) is 17.6. The van der Waals surface area contributed by atoms with Crippen LogP contribution in [0.3, 0.4) is 0 Å². The first kappa shape index (κ1) is 20.2. The van der Waals surface area contributed by atoms with E-state index >= 15 is 0 Å². The smallest absolute Gasteiger partial charge is 0.410 e. The van der Waals surface area contributed by atoms with Crippen LogP contribution in [0, 0.1) is 5.92 Å². The lowest BCUT2D eigenvalue weighted by molar-refractivity contribution is -0.0861. The molecule has 140 valence electrons. The predicted octanol–water partition coefficient (Wildman–Crippen LogP) is 5.35. The average molecular weight is 412 g/mol. The van der Waals surface area contributed by atoms with Gasteiger partial charge in [-0.25, -0.2) is 4.79 Å². The number of nitrogens with zero attached hydrogens (tertiary/aromatic N) is 1. The van der Waals surface area contributed by atoms with Crippen molar-refractivity contribution in [2.75, 3.05) is 20.2 Å². The Bertz CT molecular complexity index is 568. The number of hydrogen-bond acceptors (Lipinski definition) is 3. The van der Waals surface area contributed by atoms with Gasteiger partial charge in [-0.15, -0.1) is 0 Å². The van der Waals surface area contributed by atoms with Crippen LogP contribution in [0.15, 0.2) is 28.7 Å². The largest absolute Gasteiger partial charge is 0.444 e. The van der Waals surface area contributed by atoms with Gasteiger partial charge in [0, 0.05) is 24.7 Å². The highest BCUT2D eigenvalue weighted by Gasteiger charge is 2.41. The Kier molecular flexibility index (Phi) is 6.55. The molecule has 0 spiro atoms. The van der Waals surface area contributed by atoms with Crippen LogP contribution in [0.1, 0.15) is 52.5 Å². The third-order valence-corrected chi connectivity index (χ3v) is 5.56. The van der Waals surface area contributed by atoms with E-state index < -0.39 is 5.60 Å². The van der Waals surface area contributed by atoms with Gasteiger partial charge >= 0.3 is 6.09 Å². The summed E-state index contributed by atoms with van der Waals surface area (Å²) in [7, 11) is 1.80. The second-order valence-electron chi connectivity index (χ2n) is 7.70. The molecule has 4 nitrogen and oxygen atoms in total. The summed E-state index contributed by atoms with van der Waals surface area (Å²) in [5, 5.41) is 0. The Morgan fingerprint density at radius 2 is 1.76 bits per heavy atom. The molecular weight excluding hydrogens is 382 g/mol. The summed E-state index contributed by atoms with van der Waals surface area (Å²) < 4.78 is 12.6. The second-order valence-corrected chi connectivity index (χ2v) is 8.61. The third-order valence-electron chi connectivity index (χ3n) is 5.03. The van der Waals surface area contributed by atoms with Crippen molar-refractivity contribution in [2.24, 2.45) is 5.92 Å². The van der Waals surface area contributed by atoms with E-state index in [0.717, 1.165) is 23.7 Å². The number of amides is 1. The van der Waals surface area contributed by atoms with E-state index in [1.54, 1.807) is 7.11 Å². The molecule has 1 saturated heterocycles. The minimum atomic E-state index is -0.453. The lowest BCUT2D eigenvalue weighted by Crippen LogP contribution is -2.47. The molecule has 0 saturated carbocycles. The third kappa shape index (κ3) is 4.76. The monoisotopic (exact) mass is 411 g/mol. The van der Waals surface area contributed by atoms with Crippen molar-refractivity contribution in [1.29, 1.82) is 0 Å². The number of halogens is 1. The lowest BCUT2D eigenvalue weighted by Gasteiger charge is -2.44. The number of likely N-dealkylation sites (tertiary alicyclic amines) is 1. The number of piperidine rings is 1. The molecule has 25 heavy (non-hydrogen) atoms. The van der Waals surface area contributed by atoms with Gasteiger partial charge in [-0.1, -0.05) is 35.0 Å². The summed E-state index contributed by atoms with van der Waals surface area (Å²) in [4.78, 5) is 14.1. The SMILES string of the molecule is CCC(OC)(c1ccc(Br)cc1)C1CCN(C(=O)OC(C)(C)C)CC1. The highest BCUT2D eigenvalue weighted by molar-refractivity contribution is 9.10. The summed E-state index contributed by atoms with van der Waals surface area (Å²) in [5.41, 5.74) is 0.447. The van der Waals surface area contributed by atoms with Crippen LogP contribution in [0.4, 0.5) is 4.79 Å². The molecule has 0 aromatic heterocycles. The number of carbonyl (C=O) groups excluding carboxylic acids is 1. The average Bonchev–Trinajstić information content (AvgIpc) is 2.57. The molecule has 0 bridgehead atoms. The molecule has 1 aromatic rings. The van der Waals surface area contributed by atoms with Gasteiger partial charge in [0.25, 0.3) is 0 Å². The standard InChI is InChI=1S/C20H30BrNO3/c1-6-20(24-5,15-7-9-17(21)10-8-15)16-11-13-22(14-12-16)18(23)25-19(2,3)4/h7-10,16H,6,11-14H2,1-5H3. The van der Waals surface area contributed by atoms with E-state index in [9.17, 15) is 4.79 Å². The molecule has 1 amide bonds. The van der Waals surface area contributed by atoms with E-state index in [-0.39, 0.29) is 11.7 Å². The molecule has 5 heteroatoms. The highest BCUT2D eigenvalue weighted by Crippen LogP contribution is 2.42. The fourth-order valence-corrected chi connectivity index (χ4v) is 4.01. The Balaban J connectivity index is 2.10. The summed E-state index contributed by atoms with van der Waals surface area (Å²) in [5.74, 6) is 0.377. The normalized spacial score (nSPS) is 18.7. The molecule has 1 heterocycles. The van der Waals surface area contributed by atoms with Crippen LogP contribution in [0.2, 0.25) is 0 Å². The molecule has 1 fully saturated rings. The Morgan fingerprint density at radius 3 is 2.20 bits per heavy atom. The second kappa shape index (κ2) is 8.09. The van der Waals surface area contributed by atoms with Crippen molar-refractivity contribution in [2.45, 2.75) is 58.2 Å². The lowest BCUT2D eigenvalue weighted by atomic mass is 9.74. The van der Waals surface area contributed by atoms with Gasteiger partial charge in [-0.3, -0.25) is 0 Å². The maximum atomic E-state index is 12.3. The maximum absolute atomic E-state index is 12.3. The Labute approximate surface area is 160 Å². The van der Waals surface area contributed by atoms with Gasteiger partial charge < -0.3 is 14.4 Å². The predicted molar refractivity (Wildman–Crippen MR) is 104 cm³/mol. The molecule has 1 aliphatic heterocycles. The van der Waals surface area contributed by atoms with Crippen LogP contribution in [-0.2, 0) is 15.1 Å². The van der Waals surface area contributed by atoms with Crippen molar-refractivity contribution < 1.29 is 14.3 Å². The van der Waals surface area contributed by atoms with E-state index in [4.69, 9.17) is 9.47 Å². The molecule has 2 rings (SSSR count). The number of carbonyl (C=O) groups is 1. The van der Waals surface area contributed by atoms with Crippen LogP contribution in [0.25, 0.3) is 0 Å². The molecule has 0 radical (unpaired) electrons. The van der Waals surface area contributed by atoms with Gasteiger partial charge in [0.15, 0.2) is 0 Å². The zero-order chi connectivity index (χ0) is 18.7. The van der Waals surface area contributed by atoms with E-state index in [1.165, 1.54) is 5.56 Å². The van der Waals surface area contributed by atoms with Gasteiger partial charge in [-0.2, -0.15) is 0 Å². The Morgan fingerprint density at radius 1 is 1.20 bits per heavy atom. The van der Waals surface area contributed by atoms with Crippen LogP contribution >= 0.6 is 15.9 Å². The number of benzene rings is 1. The first-order valence-electron chi connectivity index (χ1n) is 9.01. The van der Waals surface area contributed by atoms with Gasteiger partial charge in [0.2, 0.25) is 0 Å². The molecule has 0 N–H and O–H groups in total. The number of ether oxygens (including phenoxy) is 2. The number of rotatable bonds is 4. The maximum Gasteiger partial charge on any atom is 0.410 e. The van der Waals surface area contributed by atoms with Crippen molar-refractivity contribution in [1.82, 2.24) is 4.90 Å². The summed E-state index contributed by atoms with van der Waals surface area (Å²) in [6.45, 7) is 9.29. The molecular formula is C20H30BrNO3. The summed E-state index contributed by atoms with van der Waals surface area (Å²) >= 11 is 3.50. The van der Waals surface area contributed by atoms with Gasteiger partial charge in [0.1, 0.15) is 5.60 Å². The molecule has 1 unspecified atom stereocenters. The topological polar surface area (TPSA) is 38.8 Å².